The highest BCUT2D eigenvalue weighted by atomic mass is 16.6. The molecule has 4 heteroatoms. The topological polar surface area (TPSA) is 53.3 Å². The number of amides is 1. The molecule has 90 valence electrons. The van der Waals surface area contributed by atoms with Gasteiger partial charge in [0.25, 0.3) is 0 Å². The molecular weight excluding hydrogens is 204 g/mol. The summed E-state index contributed by atoms with van der Waals surface area (Å²) in [6.07, 6.45) is 1.23. The number of nitrogens with zero attached hydrogens (tertiary/aromatic N) is 2. The maximum absolute atomic E-state index is 11.6. The van der Waals surface area contributed by atoms with Gasteiger partial charge in [-0.2, -0.15) is 5.26 Å². The van der Waals surface area contributed by atoms with E-state index in [1.54, 1.807) is 4.90 Å². The van der Waals surface area contributed by atoms with E-state index in [9.17, 15) is 4.79 Å². The fraction of sp³-hybridized carbons (Fsp3) is 0.833. The number of likely N-dealkylation sites (tertiary alicyclic amines) is 1. The molecule has 0 aliphatic carbocycles. The summed E-state index contributed by atoms with van der Waals surface area (Å²) in [4.78, 5) is 13.3. The van der Waals surface area contributed by atoms with Crippen molar-refractivity contribution < 1.29 is 9.53 Å². The SMILES string of the molecule is CC(C)COC(=O)N1CCC(C)(C#N)CC1. The van der Waals surface area contributed by atoms with E-state index in [4.69, 9.17) is 10.00 Å². The van der Waals surface area contributed by atoms with Gasteiger partial charge in [0.15, 0.2) is 0 Å². The molecule has 0 bridgehead atoms. The molecule has 0 aromatic rings. The highest BCUT2D eigenvalue weighted by Gasteiger charge is 2.32. The van der Waals surface area contributed by atoms with Gasteiger partial charge in [0.05, 0.1) is 18.1 Å². The second-order valence-corrected chi connectivity index (χ2v) is 5.13. The third kappa shape index (κ3) is 3.41. The van der Waals surface area contributed by atoms with Crippen molar-refractivity contribution in [3.05, 3.63) is 0 Å². The molecular formula is C12H20N2O2. The second-order valence-electron chi connectivity index (χ2n) is 5.13. The van der Waals surface area contributed by atoms with Crippen LogP contribution in [-0.4, -0.2) is 30.7 Å². The molecule has 1 aliphatic rings. The van der Waals surface area contributed by atoms with Crippen LogP contribution in [0.3, 0.4) is 0 Å². The Morgan fingerprint density at radius 3 is 2.50 bits per heavy atom. The fourth-order valence-electron chi connectivity index (χ4n) is 1.62. The van der Waals surface area contributed by atoms with Crippen LogP contribution >= 0.6 is 0 Å². The van der Waals surface area contributed by atoms with E-state index in [-0.39, 0.29) is 11.5 Å². The molecule has 1 rings (SSSR count). The lowest BCUT2D eigenvalue weighted by Gasteiger charge is -2.34. The first-order chi connectivity index (χ1) is 7.47. The fourth-order valence-corrected chi connectivity index (χ4v) is 1.62. The number of carbonyl (C=O) groups is 1. The standard InChI is InChI=1S/C12H20N2O2/c1-10(2)8-16-11(15)14-6-4-12(3,9-13)5-7-14/h10H,4-8H2,1-3H3. The van der Waals surface area contributed by atoms with Crippen LogP contribution in [0, 0.1) is 22.7 Å². The minimum Gasteiger partial charge on any atom is -0.449 e. The number of ether oxygens (including phenoxy) is 1. The summed E-state index contributed by atoms with van der Waals surface area (Å²) in [7, 11) is 0. The van der Waals surface area contributed by atoms with E-state index in [1.165, 1.54) is 0 Å². The Balaban J connectivity index is 2.37. The van der Waals surface area contributed by atoms with Gasteiger partial charge in [-0.3, -0.25) is 0 Å². The van der Waals surface area contributed by atoms with E-state index in [2.05, 4.69) is 6.07 Å². The molecule has 0 aromatic heterocycles. The first-order valence-electron chi connectivity index (χ1n) is 5.80. The monoisotopic (exact) mass is 224 g/mol. The zero-order chi connectivity index (χ0) is 12.2. The van der Waals surface area contributed by atoms with Gasteiger partial charge in [-0.25, -0.2) is 4.79 Å². The summed E-state index contributed by atoms with van der Waals surface area (Å²) >= 11 is 0. The highest BCUT2D eigenvalue weighted by Crippen LogP contribution is 2.29. The summed E-state index contributed by atoms with van der Waals surface area (Å²) < 4.78 is 5.15. The molecule has 0 spiro atoms. The van der Waals surface area contributed by atoms with E-state index in [0.29, 0.717) is 25.6 Å². The van der Waals surface area contributed by atoms with Crippen molar-refractivity contribution in [3.63, 3.8) is 0 Å². The maximum Gasteiger partial charge on any atom is 0.409 e. The number of carbonyl (C=O) groups excluding carboxylic acids is 1. The number of rotatable bonds is 2. The molecule has 0 atom stereocenters. The predicted molar refractivity (Wildman–Crippen MR) is 60.7 cm³/mol. The van der Waals surface area contributed by atoms with Crippen LogP contribution in [0.4, 0.5) is 4.79 Å². The molecule has 4 nitrogen and oxygen atoms in total. The Morgan fingerprint density at radius 1 is 1.50 bits per heavy atom. The van der Waals surface area contributed by atoms with Crippen LogP contribution in [0.2, 0.25) is 0 Å². The van der Waals surface area contributed by atoms with Crippen LogP contribution in [0.5, 0.6) is 0 Å². The third-order valence-corrected chi connectivity index (χ3v) is 2.94. The summed E-state index contributed by atoms with van der Waals surface area (Å²) in [6.45, 7) is 7.68. The predicted octanol–water partition coefficient (Wildman–Crippen LogP) is 2.40. The highest BCUT2D eigenvalue weighted by molar-refractivity contribution is 5.67. The summed E-state index contributed by atoms with van der Waals surface area (Å²) in [5, 5.41) is 8.97. The van der Waals surface area contributed by atoms with Crippen molar-refractivity contribution in [2.45, 2.75) is 33.6 Å². The van der Waals surface area contributed by atoms with Gasteiger partial charge in [0, 0.05) is 13.1 Å². The average molecular weight is 224 g/mol. The second kappa shape index (κ2) is 5.20. The van der Waals surface area contributed by atoms with E-state index in [1.807, 2.05) is 20.8 Å². The van der Waals surface area contributed by atoms with Gasteiger partial charge in [0.1, 0.15) is 0 Å². The Kier molecular flexibility index (Phi) is 4.17. The number of piperidine rings is 1. The largest absolute Gasteiger partial charge is 0.449 e. The first-order valence-corrected chi connectivity index (χ1v) is 5.80. The summed E-state index contributed by atoms with van der Waals surface area (Å²) in [5.74, 6) is 0.359. The summed E-state index contributed by atoms with van der Waals surface area (Å²) in [5.41, 5.74) is -0.269. The van der Waals surface area contributed by atoms with Crippen molar-refractivity contribution in [2.75, 3.05) is 19.7 Å². The Labute approximate surface area is 97.2 Å². The van der Waals surface area contributed by atoms with Crippen LogP contribution in [0.15, 0.2) is 0 Å². The minimum absolute atomic E-state index is 0.242. The average Bonchev–Trinajstić information content (AvgIpc) is 2.27. The minimum atomic E-state index is -0.269. The lowest BCUT2D eigenvalue weighted by molar-refractivity contribution is 0.0736. The Bertz CT molecular complexity index is 286. The molecule has 1 fully saturated rings. The molecule has 0 N–H and O–H groups in total. The molecule has 16 heavy (non-hydrogen) atoms. The normalized spacial score (nSPS) is 19.3. The number of nitriles is 1. The third-order valence-electron chi connectivity index (χ3n) is 2.94. The van der Waals surface area contributed by atoms with Crippen molar-refractivity contribution in [1.82, 2.24) is 4.90 Å². The molecule has 0 saturated carbocycles. The van der Waals surface area contributed by atoms with Gasteiger partial charge in [-0.05, 0) is 25.7 Å². The first kappa shape index (κ1) is 12.8. The molecule has 1 heterocycles. The van der Waals surface area contributed by atoms with Gasteiger partial charge in [-0.15, -0.1) is 0 Å². The lowest BCUT2D eigenvalue weighted by Crippen LogP contribution is -2.42. The van der Waals surface area contributed by atoms with Crippen molar-refractivity contribution in [1.29, 1.82) is 5.26 Å². The van der Waals surface area contributed by atoms with Crippen LogP contribution in [0.25, 0.3) is 0 Å². The molecule has 1 saturated heterocycles. The quantitative estimate of drug-likeness (QED) is 0.723. The zero-order valence-corrected chi connectivity index (χ0v) is 10.3. The van der Waals surface area contributed by atoms with E-state index >= 15 is 0 Å². The van der Waals surface area contributed by atoms with Crippen LogP contribution in [-0.2, 0) is 4.74 Å². The van der Waals surface area contributed by atoms with Gasteiger partial charge in [0.2, 0.25) is 0 Å². The molecule has 0 unspecified atom stereocenters. The van der Waals surface area contributed by atoms with Crippen molar-refractivity contribution in [2.24, 2.45) is 11.3 Å². The van der Waals surface area contributed by atoms with Crippen LogP contribution < -0.4 is 0 Å². The van der Waals surface area contributed by atoms with Crippen molar-refractivity contribution in [3.8, 4) is 6.07 Å². The number of hydrogen-bond donors (Lipinski definition) is 0. The van der Waals surface area contributed by atoms with Crippen molar-refractivity contribution >= 4 is 6.09 Å². The zero-order valence-electron chi connectivity index (χ0n) is 10.3. The maximum atomic E-state index is 11.6. The number of hydrogen-bond acceptors (Lipinski definition) is 3. The molecule has 1 aliphatic heterocycles. The molecule has 1 amide bonds. The lowest BCUT2D eigenvalue weighted by atomic mass is 9.82. The summed E-state index contributed by atoms with van der Waals surface area (Å²) in [6, 6.07) is 2.31. The Morgan fingerprint density at radius 2 is 2.06 bits per heavy atom. The van der Waals surface area contributed by atoms with E-state index < -0.39 is 0 Å². The van der Waals surface area contributed by atoms with Gasteiger partial charge in [-0.1, -0.05) is 13.8 Å². The van der Waals surface area contributed by atoms with Gasteiger partial charge >= 0.3 is 6.09 Å². The smallest absolute Gasteiger partial charge is 0.409 e. The molecule has 0 radical (unpaired) electrons. The van der Waals surface area contributed by atoms with E-state index in [0.717, 1.165) is 12.8 Å². The molecule has 0 aromatic carbocycles. The Hall–Kier alpha value is -1.24. The van der Waals surface area contributed by atoms with Gasteiger partial charge < -0.3 is 9.64 Å². The van der Waals surface area contributed by atoms with Crippen LogP contribution in [0.1, 0.15) is 33.6 Å².